The predicted octanol–water partition coefficient (Wildman–Crippen LogP) is 2.95. The molecule has 0 aromatic rings. The van der Waals surface area contributed by atoms with E-state index in [1.165, 1.54) is 6.92 Å². The highest BCUT2D eigenvalue weighted by molar-refractivity contribution is 5.99. The van der Waals surface area contributed by atoms with E-state index in [0.29, 0.717) is 6.42 Å². The molecule has 2 atom stereocenters. The first-order valence-corrected chi connectivity index (χ1v) is 6.75. The zero-order chi connectivity index (χ0) is 13.1. The molecule has 0 saturated heterocycles. The van der Waals surface area contributed by atoms with E-state index in [4.69, 9.17) is 4.74 Å². The van der Waals surface area contributed by atoms with Crippen LogP contribution in [0.3, 0.4) is 0 Å². The van der Waals surface area contributed by atoms with Crippen LogP contribution < -0.4 is 0 Å². The minimum absolute atomic E-state index is 0.184. The molecular weight excluding hydrogens is 228 g/mol. The molecule has 0 unspecified atom stereocenters. The van der Waals surface area contributed by atoms with Crippen molar-refractivity contribution in [2.24, 2.45) is 5.92 Å². The Morgan fingerprint density at radius 1 is 1.39 bits per heavy atom. The molecule has 0 aromatic carbocycles. The third kappa shape index (κ3) is 2.55. The van der Waals surface area contributed by atoms with Crippen LogP contribution >= 0.6 is 0 Å². The lowest BCUT2D eigenvalue weighted by atomic mass is 9.84. The summed E-state index contributed by atoms with van der Waals surface area (Å²) in [4.78, 5) is 23.6. The molecule has 0 aliphatic heterocycles. The van der Waals surface area contributed by atoms with Gasteiger partial charge in [0.05, 0.1) is 5.92 Å². The lowest BCUT2D eigenvalue weighted by Crippen LogP contribution is -2.30. The van der Waals surface area contributed by atoms with Crippen LogP contribution in [0.2, 0.25) is 0 Å². The van der Waals surface area contributed by atoms with Gasteiger partial charge in [0.25, 0.3) is 0 Å². The van der Waals surface area contributed by atoms with Crippen molar-refractivity contribution in [1.29, 1.82) is 0 Å². The third-order valence-electron chi connectivity index (χ3n) is 3.77. The molecule has 0 aromatic heterocycles. The highest BCUT2D eigenvalue weighted by Gasteiger charge is 2.33. The number of carbonyl (C=O) groups excluding carboxylic acids is 2. The maximum Gasteiger partial charge on any atom is 0.303 e. The van der Waals surface area contributed by atoms with Gasteiger partial charge in [-0.15, -0.1) is 0 Å². The topological polar surface area (TPSA) is 43.4 Å². The average Bonchev–Trinajstić information content (AvgIpc) is 2.47. The summed E-state index contributed by atoms with van der Waals surface area (Å²) in [5, 5.41) is 0. The normalized spacial score (nSPS) is 27.8. The summed E-state index contributed by atoms with van der Waals surface area (Å²) in [7, 11) is 0. The van der Waals surface area contributed by atoms with E-state index in [-0.39, 0.29) is 17.7 Å². The van der Waals surface area contributed by atoms with Crippen molar-refractivity contribution < 1.29 is 14.3 Å². The molecule has 2 aliphatic rings. The van der Waals surface area contributed by atoms with Gasteiger partial charge in [0.15, 0.2) is 5.78 Å². The quantitative estimate of drug-likeness (QED) is 0.706. The van der Waals surface area contributed by atoms with E-state index in [1.807, 2.05) is 19.1 Å². The summed E-state index contributed by atoms with van der Waals surface area (Å²) < 4.78 is 5.28. The van der Waals surface area contributed by atoms with Gasteiger partial charge in [-0.2, -0.15) is 0 Å². The molecule has 0 radical (unpaired) electrons. The number of hydrogen-bond donors (Lipinski definition) is 0. The molecular formula is C15H20O3. The van der Waals surface area contributed by atoms with Crippen LogP contribution in [0.5, 0.6) is 0 Å². The summed E-state index contributed by atoms with van der Waals surface area (Å²) in [5.41, 5.74) is 2.12. The van der Waals surface area contributed by atoms with Crippen molar-refractivity contribution in [2.45, 2.75) is 52.1 Å². The van der Waals surface area contributed by atoms with Crippen molar-refractivity contribution >= 4 is 11.8 Å². The van der Waals surface area contributed by atoms with Crippen LogP contribution in [0, 0.1) is 5.92 Å². The zero-order valence-electron chi connectivity index (χ0n) is 11.1. The van der Waals surface area contributed by atoms with Gasteiger partial charge in [-0.3, -0.25) is 9.59 Å². The standard InChI is InChI=1S/C15H20O3/c1-3-12-14(18-10(2)16)9-8-11-6-4-5-7-13(11)15(12)17/h8-9,12,14H,3-7H2,1-2H3/t12-,14+/m0/s1. The molecule has 3 heteroatoms. The Bertz CT molecular complexity index is 417. The number of esters is 1. The molecule has 0 bridgehead atoms. The van der Waals surface area contributed by atoms with E-state index in [0.717, 1.165) is 36.8 Å². The summed E-state index contributed by atoms with van der Waals surface area (Å²) in [6, 6.07) is 0. The number of ether oxygens (including phenoxy) is 1. The number of Topliss-reactive ketones (excluding diaryl/α,β-unsaturated/α-hetero) is 1. The molecule has 0 heterocycles. The van der Waals surface area contributed by atoms with Crippen LogP contribution in [0.1, 0.15) is 46.0 Å². The lowest BCUT2D eigenvalue weighted by Gasteiger charge is -2.23. The Morgan fingerprint density at radius 2 is 2.11 bits per heavy atom. The molecule has 18 heavy (non-hydrogen) atoms. The number of carbonyl (C=O) groups is 2. The lowest BCUT2D eigenvalue weighted by molar-refractivity contribution is -0.147. The fourth-order valence-corrected chi connectivity index (χ4v) is 2.84. The summed E-state index contributed by atoms with van der Waals surface area (Å²) in [5.74, 6) is -0.352. The van der Waals surface area contributed by atoms with Gasteiger partial charge < -0.3 is 4.74 Å². The largest absolute Gasteiger partial charge is 0.458 e. The van der Waals surface area contributed by atoms with Crippen LogP contribution in [0.15, 0.2) is 23.3 Å². The number of rotatable bonds is 2. The van der Waals surface area contributed by atoms with E-state index < -0.39 is 6.10 Å². The predicted molar refractivity (Wildman–Crippen MR) is 69.0 cm³/mol. The second kappa shape index (κ2) is 5.51. The number of hydrogen-bond acceptors (Lipinski definition) is 3. The fourth-order valence-electron chi connectivity index (χ4n) is 2.84. The molecule has 3 nitrogen and oxygen atoms in total. The van der Waals surface area contributed by atoms with Gasteiger partial charge >= 0.3 is 5.97 Å². The van der Waals surface area contributed by atoms with Crippen molar-refractivity contribution in [2.75, 3.05) is 0 Å². The number of allylic oxidation sites excluding steroid dienone is 3. The van der Waals surface area contributed by atoms with Gasteiger partial charge in [-0.1, -0.05) is 13.0 Å². The van der Waals surface area contributed by atoms with Gasteiger partial charge in [-0.25, -0.2) is 0 Å². The highest BCUT2D eigenvalue weighted by atomic mass is 16.5. The Kier molecular flexibility index (Phi) is 4.00. The van der Waals surface area contributed by atoms with Crippen molar-refractivity contribution in [1.82, 2.24) is 0 Å². The van der Waals surface area contributed by atoms with E-state index in [2.05, 4.69) is 0 Å². The summed E-state index contributed by atoms with van der Waals surface area (Å²) in [6.45, 7) is 3.37. The summed E-state index contributed by atoms with van der Waals surface area (Å²) >= 11 is 0. The fraction of sp³-hybridized carbons (Fsp3) is 0.600. The minimum Gasteiger partial charge on any atom is -0.458 e. The van der Waals surface area contributed by atoms with Crippen LogP contribution in [-0.4, -0.2) is 17.9 Å². The van der Waals surface area contributed by atoms with Gasteiger partial charge in [0.2, 0.25) is 0 Å². The Morgan fingerprint density at radius 3 is 2.78 bits per heavy atom. The molecule has 2 aliphatic carbocycles. The van der Waals surface area contributed by atoms with Crippen LogP contribution in [-0.2, 0) is 14.3 Å². The van der Waals surface area contributed by atoms with E-state index >= 15 is 0 Å². The second-order valence-corrected chi connectivity index (χ2v) is 5.02. The molecule has 0 fully saturated rings. The van der Waals surface area contributed by atoms with E-state index in [1.54, 1.807) is 0 Å². The highest BCUT2D eigenvalue weighted by Crippen LogP contribution is 2.33. The van der Waals surface area contributed by atoms with Crippen molar-refractivity contribution in [3.8, 4) is 0 Å². The SMILES string of the molecule is CC[C@@H]1C(=O)C2=C(C=C[C@H]1OC(C)=O)CCCC2. The third-order valence-corrected chi connectivity index (χ3v) is 3.77. The maximum absolute atomic E-state index is 12.5. The van der Waals surface area contributed by atoms with Crippen LogP contribution in [0.4, 0.5) is 0 Å². The van der Waals surface area contributed by atoms with E-state index in [9.17, 15) is 9.59 Å². The Balaban J connectivity index is 2.29. The molecule has 2 rings (SSSR count). The smallest absolute Gasteiger partial charge is 0.303 e. The zero-order valence-corrected chi connectivity index (χ0v) is 11.1. The minimum atomic E-state index is -0.398. The number of ketones is 1. The van der Waals surface area contributed by atoms with Gasteiger partial charge in [-0.05, 0) is 49.3 Å². The summed E-state index contributed by atoms with van der Waals surface area (Å²) in [6.07, 6.45) is 8.28. The van der Waals surface area contributed by atoms with Gasteiger partial charge in [0.1, 0.15) is 6.10 Å². The molecule has 0 N–H and O–H groups in total. The van der Waals surface area contributed by atoms with Crippen LogP contribution in [0.25, 0.3) is 0 Å². The Labute approximate surface area is 108 Å². The van der Waals surface area contributed by atoms with Crippen molar-refractivity contribution in [3.63, 3.8) is 0 Å². The molecule has 98 valence electrons. The average molecular weight is 248 g/mol. The van der Waals surface area contributed by atoms with Gasteiger partial charge in [0, 0.05) is 6.92 Å². The first kappa shape index (κ1) is 13.1. The monoisotopic (exact) mass is 248 g/mol. The first-order valence-electron chi connectivity index (χ1n) is 6.75. The second-order valence-electron chi connectivity index (χ2n) is 5.02. The van der Waals surface area contributed by atoms with Crippen molar-refractivity contribution in [3.05, 3.63) is 23.3 Å². The molecule has 0 spiro atoms. The Hall–Kier alpha value is -1.38. The molecule has 0 saturated carbocycles. The maximum atomic E-state index is 12.5. The molecule has 0 amide bonds. The first-order chi connectivity index (χ1) is 8.63.